The molecule has 0 aromatic heterocycles. The van der Waals surface area contributed by atoms with Crippen LogP contribution in [0.5, 0.6) is 5.75 Å². The molecular formula is C27H25Cl2FN2O2. The van der Waals surface area contributed by atoms with Crippen LogP contribution in [-0.4, -0.2) is 37.0 Å². The number of hydrogen-bond acceptors (Lipinski definition) is 3. The Kier molecular flexibility index (Phi) is 6.52. The Morgan fingerprint density at radius 1 is 0.971 bits per heavy atom. The van der Waals surface area contributed by atoms with Gasteiger partial charge in [-0.3, -0.25) is 9.69 Å². The summed E-state index contributed by atoms with van der Waals surface area (Å²) < 4.78 is 20.0. The minimum absolute atomic E-state index is 0.0879. The maximum Gasteiger partial charge on any atom is 0.264 e. The highest BCUT2D eigenvalue weighted by Gasteiger charge is 2.46. The molecule has 2 aliphatic heterocycles. The van der Waals surface area contributed by atoms with Crippen LogP contribution in [0.3, 0.4) is 0 Å². The number of fused-ring (bicyclic) bond motifs is 2. The first kappa shape index (κ1) is 23.2. The quantitative estimate of drug-likeness (QED) is 0.426. The molecule has 0 bridgehead atoms. The second-order valence-corrected chi connectivity index (χ2v) is 9.94. The SMILES string of the molecule is O=C(COc1ccc(Cl)cc1)N1CC2(CCN(Cc3cccc(Cl)c3)CC2)c2cc(F)ccc21. The Morgan fingerprint density at radius 3 is 2.47 bits per heavy atom. The van der Waals surface area contributed by atoms with E-state index in [4.69, 9.17) is 27.9 Å². The molecule has 1 fully saturated rings. The number of carbonyl (C=O) groups excluding carboxylic acids is 1. The van der Waals surface area contributed by atoms with Crippen LogP contribution in [0, 0.1) is 5.82 Å². The van der Waals surface area contributed by atoms with Crippen molar-refractivity contribution in [1.82, 2.24) is 4.90 Å². The third-order valence-corrected chi connectivity index (χ3v) is 7.35. The summed E-state index contributed by atoms with van der Waals surface area (Å²) in [6.45, 7) is 3.01. The van der Waals surface area contributed by atoms with Gasteiger partial charge in [-0.05, 0) is 91.7 Å². The largest absolute Gasteiger partial charge is 0.484 e. The second kappa shape index (κ2) is 9.57. The van der Waals surface area contributed by atoms with Crippen molar-refractivity contribution in [2.75, 3.05) is 31.1 Å². The lowest BCUT2D eigenvalue weighted by atomic mass is 9.74. The van der Waals surface area contributed by atoms with Crippen molar-refractivity contribution in [1.29, 1.82) is 0 Å². The Hall–Kier alpha value is -2.60. The van der Waals surface area contributed by atoms with E-state index in [1.807, 2.05) is 18.2 Å². The molecule has 0 aliphatic carbocycles. The Bertz CT molecular complexity index is 1190. The zero-order valence-electron chi connectivity index (χ0n) is 18.6. The molecule has 0 N–H and O–H groups in total. The molecule has 1 amide bonds. The smallest absolute Gasteiger partial charge is 0.264 e. The number of amides is 1. The summed E-state index contributed by atoms with van der Waals surface area (Å²) in [6.07, 6.45) is 1.71. The van der Waals surface area contributed by atoms with E-state index in [-0.39, 0.29) is 23.7 Å². The monoisotopic (exact) mass is 498 g/mol. The van der Waals surface area contributed by atoms with Crippen molar-refractivity contribution < 1.29 is 13.9 Å². The van der Waals surface area contributed by atoms with Crippen molar-refractivity contribution in [2.24, 2.45) is 0 Å². The molecule has 3 aromatic carbocycles. The third kappa shape index (κ3) is 4.78. The molecule has 4 nitrogen and oxygen atoms in total. The van der Waals surface area contributed by atoms with Gasteiger partial charge in [0.05, 0.1) is 0 Å². The van der Waals surface area contributed by atoms with E-state index < -0.39 is 0 Å². The molecule has 2 aliphatic rings. The summed E-state index contributed by atoms with van der Waals surface area (Å²) in [6, 6.07) is 19.6. The molecule has 0 unspecified atom stereocenters. The lowest BCUT2D eigenvalue weighted by Crippen LogP contribution is -2.46. The normalized spacial score (nSPS) is 17.1. The fraction of sp³-hybridized carbons (Fsp3) is 0.296. The highest BCUT2D eigenvalue weighted by atomic mass is 35.5. The predicted octanol–water partition coefficient (Wildman–Crippen LogP) is 6.09. The maximum atomic E-state index is 14.3. The fourth-order valence-electron chi connectivity index (χ4n) is 5.08. The van der Waals surface area contributed by atoms with E-state index in [9.17, 15) is 9.18 Å². The van der Waals surface area contributed by atoms with E-state index in [0.29, 0.717) is 17.3 Å². The molecule has 176 valence electrons. The van der Waals surface area contributed by atoms with Gasteiger partial charge in [0.2, 0.25) is 0 Å². The van der Waals surface area contributed by atoms with Crippen molar-refractivity contribution in [3.63, 3.8) is 0 Å². The van der Waals surface area contributed by atoms with Crippen LogP contribution < -0.4 is 9.64 Å². The van der Waals surface area contributed by atoms with E-state index >= 15 is 0 Å². The van der Waals surface area contributed by atoms with E-state index in [1.165, 1.54) is 11.6 Å². The Morgan fingerprint density at radius 2 is 1.74 bits per heavy atom. The lowest BCUT2D eigenvalue weighted by molar-refractivity contribution is -0.120. The highest BCUT2D eigenvalue weighted by Crippen LogP contribution is 2.47. The molecule has 5 rings (SSSR count). The van der Waals surface area contributed by atoms with Crippen molar-refractivity contribution in [3.8, 4) is 5.75 Å². The summed E-state index contributed by atoms with van der Waals surface area (Å²) in [5.41, 5.74) is 2.64. The molecule has 0 atom stereocenters. The molecule has 3 aromatic rings. The molecule has 0 radical (unpaired) electrons. The van der Waals surface area contributed by atoms with Gasteiger partial charge in [-0.25, -0.2) is 4.39 Å². The number of nitrogens with zero attached hydrogens (tertiary/aromatic N) is 2. The van der Waals surface area contributed by atoms with E-state index in [2.05, 4.69) is 11.0 Å². The Balaban J connectivity index is 1.29. The molecule has 1 spiro atoms. The summed E-state index contributed by atoms with van der Waals surface area (Å²) in [7, 11) is 0. The second-order valence-electron chi connectivity index (χ2n) is 9.07. The van der Waals surface area contributed by atoms with E-state index in [0.717, 1.165) is 48.7 Å². The average Bonchev–Trinajstić information content (AvgIpc) is 3.13. The first-order chi connectivity index (χ1) is 16.4. The molecule has 7 heteroatoms. The summed E-state index contributed by atoms with van der Waals surface area (Å²) in [4.78, 5) is 17.3. The highest BCUT2D eigenvalue weighted by molar-refractivity contribution is 6.30. The van der Waals surface area contributed by atoms with Crippen LogP contribution in [0.15, 0.2) is 66.7 Å². The number of rotatable bonds is 5. The van der Waals surface area contributed by atoms with Crippen LogP contribution in [0.1, 0.15) is 24.0 Å². The van der Waals surface area contributed by atoms with Crippen molar-refractivity contribution in [3.05, 3.63) is 93.7 Å². The summed E-state index contributed by atoms with van der Waals surface area (Å²) in [5, 5.41) is 1.35. The average molecular weight is 499 g/mol. The number of piperidine rings is 1. The maximum absolute atomic E-state index is 14.3. The van der Waals surface area contributed by atoms with Gasteiger partial charge < -0.3 is 9.64 Å². The molecule has 1 saturated heterocycles. The molecular weight excluding hydrogens is 474 g/mol. The van der Waals surface area contributed by atoms with Gasteiger partial charge >= 0.3 is 0 Å². The van der Waals surface area contributed by atoms with Gasteiger partial charge in [0.15, 0.2) is 6.61 Å². The predicted molar refractivity (Wildman–Crippen MR) is 133 cm³/mol. The van der Waals surface area contributed by atoms with Gasteiger partial charge in [-0.15, -0.1) is 0 Å². The summed E-state index contributed by atoms with van der Waals surface area (Å²) in [5.74, 6) is 0.174. The standard InChI is InChI=1S/C27H25Cl2FN2O2/c28-20-4-7-23(8-5-20)34-17-26(33)32-18-27(24-15-22(30)6-9-25(24)32)10-12-31(13-11-27)16-19-2-1-3-21(29)14-19/h1-9,14-15H,10-13,16-18H2. The topological polar surface area (TPSA) is 32.8 Å². The number of carbonyl (C=O) groups is 1. The number of anilines is 1. The Labute approximate surface area is 208 Å². The zero-order valence-corrected chi connectivity index (χ0v) is 20.2. The number of hydrogen-bond donors (Lipinski definition) is 0. The minimum Gasteiger partial charge on any atom is -0.484 e. The number of halogens is 3. The fourth-order valence-corrected chi connectivity index (χ4v) is 5.42. The van der Waals surface area contributed by atoms with Crippen LogP contribution in [0.4, 0.5) is 10.1 Å². The molecule has 2 heterocycles. The van der Waals surface area contributed by atoms with Crippen molar-refractivity contribution in [2.45, 2.75) is 24.8 Å². The zero-order chi connectivity index (χ0) is 23.7. The number of likely N-dealkylation sites (tertiary alicyclic amines) is 1. The van der Waals surface area contributed by atoms with Crippen LogP contribution >= 0.6 is 23.2 Å². The van der Waals surface area contributed by atoms with Crippen molar-refractivity contribution >= 4 is 34.8 Å². The molecule has 0 saturated carbocycles. The van der Waals surface area contributed by atoms with Gasteiger partial charge in [-0.1, -0.05) is 35.3 Å². The number of benzene rings is 3. The third-order valence-electron chi connectivity index (χ3n) is 6.87. The molecule has 34 heavy (non-hydrogen) atoms. The van der Waals surface area contributed by atoms with Gasteiger partial charge in [0.25, 0.3) is 5.91 Å². The van der Waals surface area contributed by atoms with Crippen LogP contribution in [0.2, 0.25) is 10.0 Å². The van der Waals surface area contributed by atoms with Gasteiger partial charge in [-0.2, -0.15) is 0 Å². The van der Waals surface area contributed by atoms with E-state index in [1.54, 1.807) is 41.3 Å². The van der Waals surface area contributed by atoms with Crippen LogP contribution in [-0.2, 0) is 16.8 Å². The first-order valence-corrected chi connectivity index (χ1v) is 12.1. The lowest BCUT2D eigenvalue weighted by Gasteiger charge is -2.40. The summed E-state index contributed by atoms with van der Waals surface area (Å²) >= 11 is 12.1. The number of ether oxygens (including phenoxy) is 1. The minimum atomic E-state index is -0.272. The van der Waals surface area contributed by atoms with Gasteiger partial charge in [0.1, 0.15) is 11.6 Å². The first-order valence-electron chi connectivity index (χ1n) is 11.4. The van der Waals surface area contributed by atoms with Gasteiger partial charge in [0, 0.05) is 34.2 Å². The van der Waals surface area contributed by atoms with Crippen LogP contribution in [0.25, 0.3) is 0 Å².